The Bertz CT molecular complexity index is 2230. The number of ether oxygens (including phenoxy) is 2. The number of nitrogens with zero attached hydrogens (tertiary/aromatic N) is 5. The van der Waals surface area contributed by atoms with Crippen molar-refractivity contribution in [1.82, 2.24) is 29.4 Å². The second kappa shape index (κ2) is 13.0. The normalized spacial score (nSPS) is 18.9. The number of anilines is 2. The number of aliphatic hydroxyl groups is 1. The molecule has 7 rings (SSSR count). The van der Waals surface area contributed by atoms with Crippen LogP contribution in [0.25, 0.3) is 33.4 Å². The number of nitrogens with one attached hydrogen (secondary N) is 2. The van der Waals surface area contributed by atoms with Gasteiger partial charge < -0.3 is 25.2 Å². The van der Waals surface area contributed by atoms with Gasteiger partial charge in [0.1, 0.15) is 17.0 Å². The minimum absolute atomic E-state index is 0.0183. The Morgan fingerprint density at radius 1 is 1.00 bits per heavy atom. The molecule has 4 heterocycles. The highest BCUT2D eigenvalue weighted by Gasteiger charge is 2.33. The average molecular weight is 684 g/mol. The van der Waals surface area contributed by atoms with Crippen molar-refractivity contribution in [2.24, 2.45) is 14.1 Å². The lowest BCUT2D eigenvalue weighted by Gasteiger charge is -2.31. The molecule has 3 unspecified atom stereocenters. The smallest absolute Gasteiger partial charge is 0.332 e. The monoisotopic (exact) mass is 683 g/mol. The van der Waals surface area contributed by atoms with E-state index in [0.29, 0.717) is 41.5 Å². The third-order valence-corrected chi connectivity index (χ3v) is 10.1. The molecule has 0 bridgehead atoms. The van der Waals surface area contributed by atoms with E-state index in [1.165, 1.54) is 11.6 Å². The summed E-state index contributed by atoms with van der Waals surface area (Å²) in [5.74, 6) is 1.28. The minimum atomic E-state index is -0.554. The second-order valence-electron chi connectivity index (χ2n) is 12.7. The molecule has 12 nitrogen and oxygen atoms in total. The molecule has 0 spiro atoms. The Morgan fingerprint density at radius 3 is 2.53 bits per heavy atom. The van der Waals surface area contributed by atoms with Gasteiger partial charge in [0.2, 0.25) is 5.88 Å². The summed E-state index contributed by atoms with van der Waals surface area (Å²) in [6.07, 6.45) is 1.91. The first-order valence-electron chi connectivity index (χ1n) is 16.3. The fourth-order valence-electron chi connectivity index (χ4n) is 7.03. The molecule has 2 aliphatic rings. The van der Waals surface area contributed by atoms with Crippen LogP contribution in [0, 0.1) is 13.8 Å². The maximum absolute atomic E-state index is 13.2. The molecule has 2 aromatic carbocycles. The zero-order chi connectivity index (χ0) is 34.6. The summed E-state index contributed by atoms with van der Waals surface area (Å²) in [6, 6.07) is 13.8. The van der Waals surface area contributed by atoms with Crippen molar-refractivity contribution >= 4 is 34.1 Å². The van der Waals surface area contributed by atoms with Crippen molar-refractivity contribution in [3.8, 4) is 28.3 Å². The number of rotatable bonds is 7. The number of benzene rings is 2. The molecule has 1 fully saturated rings. The molecular formula is C36H38ClN7O5. The number of pyridine rings is 1. The lowest BCUT2D eigenvalue weighted by Crippen LogP contribution is -2.47. The second-order valence-corrected chi connectivity index (χ2v) is 13.1. The summed E-state index contributed by atoms with van der Waals surface area (Å²) >= 11 is 7.20. The largest absolute Gasteiger partial charge is 0.481 e. The van der Waals surface area contributed by atoms with E-state index in [9.17, 15) is 14.7 Å². The van der Waals surface area contributed by atoms with Crippen LogP contribution in [-0.4, -0.2) is 61.7 Å². The molecule has 49 heavy (non-hydrogen) atoms. The molecule has 0 saturated carbocycles. The minimum Gasteiger partial charge on any atom is -0.481 e. The van der Waals surface area contributed by atoms with Crippen LogP contribution in [0.15, 0.2) is 52.1 Å². The zero-order valence-corrected chi connectivity index (χ0v) is 28.8. The fourth-order valence-corrected chi connectivity index (χ4v) is 7.35. The molecule has 3 aromatic heterocycles. The van der Waals surface area contributed by atoms with Gasteiger partial charge >= 0.3 is 5.69 Å². The highest BCUT2D eigenvalue weighted by Crippen LogP contribution is 2.43. The van der Waals surface area contributed by atoms with Gasteiger partial charge in [-0.25, -0.2) is 19.7 Å². The van der Waals surface area contributed by atoms with Gasteiger partial charge in [0, 0.05) is 55.2 Å². The molecule has 254 valence electrons. The average Bonchev–Trinajstić information content (AvgIpc) is 3.50. The summed E-state index contributed by atoms with van der Waals surface area (Å²) in [5.41, 5.74) is 6.28. The molecule has 1 saturated heterocycles. The summed E-state index contributed by atoms with van der Waals surface area (Å²) in [7, 11) is 4.65. The number of halogens is 1. The van der Waals surface area contributed by atoms with E-state index in [-0.39, 0.29) is 23.1 Å². The summed E-state index contributed by atoms with van der Waals surface area (Å²) in [6.45, 7) is 4.65. The van der Waals surface area contributed by atoms with Gasteiger partial charge in [-0.3, -0.25) is 13.9 Å². The number of hydrogen-bond donors (Lipinski definition) is 3. The van der Waals surface area contributed by atoms with Crippen molar-refractivity contribution < 1.29 is 14.6 Å². The number of methoxy groups -OCH3 is 1. The fraction of sp³-hybridized carbons (Fsp3) is 0.361. The Balaban J connectivity index is 1.25. The molecular weight excluding hydrogens is 646 g/mol. The van der Waals surface area contributed by atoms with Crippen LogP contribution in [0.5, 0.6) is 5.88 Å². The Hall–Kier alpha value is -4.62. The highest BCUT2D eigenvalue weighted by atomic mass is 35.5. The number of aliphatic hydroxyl groups excluding tert-OH is 1. The first-order valence-corrected chi connectivity index (χ1v) is 16.6. The number of hydrogen-bond acceptors (Lipinski definition) is 10. The molecule has 5 aromatic rings. The Labute approximate surface area is 287 Å². The van der Waals surface area contributed by atoms with Gasteiger partial charge in [0.25, 0.3) is 5.56 Å². The third-order valence-electron chi connectivity index (χ3n) is 9.66. The van der Waals surface area contributed by atoms with Gasteiger partial charge in [-0.2, -0.15) is 0 Å². The first-order chi connectivity index (χ1) is 23.6. The van der Waals surface area contributed by atoms with E-state index in [1.54, 1.807) is 21.1 Å². The summed E-state index contributed by atoms with van der Waals surface area (Å²) in [5, 5.41) is 18.2. The van der Waals surface area contributed by atoms with Gasteiger partial charge in [0.15, 0.2) is 5.65 Å². The van der Waals surface area contributed by atoms with E-state index < -0.39 is 17.4 Å². The van der Waals surface area contributed by atoms with E-state index in [0.717, 1.165) is 62.9 Å². The van der Waals surface area contributed by atoms with Crippen LogP contribution < -0.4 is 26.6 Å². The van der Waals surface area contributed by atoms with Crippen molar-refractivity contribution in [1.29, 1.82) is 0 Å². The predicted molar refractivity (Wildman–Crippen MR) is 189 cm³/mol. The van der Waals surface area contributed by atoms with Crippen LogP contribution in [-0.2, 0) is 25.3 Å². The van der Waals surface area contributed by atoms with Crippen LogP contribution in [0.4, 0.5) is 11.5 Å². The topological polar surface area (TPSA) is 145 Å². The summed E-state index contributed by atoms with van der Waals surface area (Å²) in [4.78, 5) is 39.7. The summed E-state index contributed by atoms with van der Waals surface area (Å²) < 4.78 is 13.7. The Morgan fingerprint density at radius 2 is 1.76 bits per heavy atom. The van der Waals surface area contributed by atoms with Gasteiger partial charge in [-0.05, 0) is 61.9 Å². The molecule has 3 atom stereocenters. The molecule has 1 aliphatic heterocycles. The van der Waals surface area contributed by atoms with Gasteiger partial charge in [-0.15, -0.1) is 0 Å². The highest BCUT2D eigenvalue weighted by molar-refractivity contribution is 6.36. The predicted octanol–water partition coefficient (Wildman–Crippen LogP) is 4.51. The zero-order valence-electron chi connectivity index (χ0n) is 28.0. The van der Waals surface area contributed by atoms with Crippen LogP contribution in [0.1, 0.15) is 41.4 Å². The maximum Gasteiger partial charge on any atom is 0.332 e. The third kappa shape index (κ3) is 5.78. The lowest BCUT2D eigenvalue weighted by atomic mass is 9.96. The lowest BCUT2D eigenvalue weighted by molar-refractivity contribution is -0.0304. The quantitative estimate of drug-likeness (QED) is 0.224. The van der Waals surface area contributed by atoms with Crippen molar-refractivity contribution in [2.45, 2.75) is 51.3 Å². The number of fused-ring (bicyclic) bond motifs is 2. The first kappa shape index (κ1) is 32.9. The Kier molecular flexibility index (Phi) is 8.74. The van der Waals surface area contributed by atoms with Crippen molar-refractivity contribution in [3.63, 3.8) is 0 Å². The van der Waals surface area contributed by atoms with Crippen LogP contribution >= 0.6 is 11.6 Å². The van der Waals surface area contributed by atoms with E-state index in [1.807, 2.05) is 43.3 Å². The van der Waals surface area contributed by atoms with E-state index in [4.69, 9.17) is 26.1 Å². The number of aromatic nitrogens is 5. The molecule has 13 heteroatoms. The number of aryl methyl sites for hydroxylation is 3. The molecule has 0 amide bonds. The molecule has 0 radical (unpaired) electrons. The van der Waals surface area contributed by atoms with Crippen molar-refractivity contribution in [3.05, 3.63) is 90.8 Å². The SMILES string of the molecule is COc1nc(-c2cccc(-c3cccc(Nc4nc(C)nc5c4c(=O)n(C)c(=O)n5C)c3C)c2Cl)cc2c1C(NC1CCOCC1O)CC2. The van der Waals surface area contributed by atoms with Gasteiger partial charge in [-0.1, -0.05) is 41.9 Å². The van der Waals surface area contributed by atoms with Gasteiger partial charge in [0.05, 0.1) is 30.5 Å². The van der Waals surface area contributed by atoms with Crippen molar-refractivity contribution in [2.75, 3.05) is 25.6 Å². The standard InChI is InChI=1S/C36H38ClN7O5/c1-18-21(8-7-11-24(18)41-32-30-33(39-19(2)38-32)43(3)36(47)44(4)35(30)46)22-9-6-10-23(31(22)37)27-16-20-12-13-26(29(20)34(42-27)48-5)40-25-14-15-49-17-28(25)45/h6-11,16,25-26,28,40,45H,12-15,17H2,1-5H3,(H,38,39,41). The van der Waals surface area contributed by atoms with E-state index in [2.05, 4.69) is 26.7 Å². The van der Waals surface area contributed by atoms with E-state index >= 15 is 0 Å². The van der Waals surface area contributed by atoms with Crippen LogP contribution in [0.3, 0.4) is 0 Å². The molecule has 1 aliphatic carbocycles. The maximum atomic E-state index is 13.2. The van der Waals surface area contributed by atoms with Crippen LogP contribution in [0.2, 0.25) is 5.02 Å². The molecule has 3 N–H and O–H groups in total.